The number of benzene rings is 1. The topological polar surface area (TPSA) is 30.2 Å². The van der Waals surface area contributed by atoms with Gasteiger partial charge in [0.1, 0.15) is 0 Å². The second-order valence-corrected chi connectivity index (χ2v) is 5.30. The lowest BCUT2D eigenvalue weighted by molar-refractivity contribution is 0.494. The van der Waals surface area contributed by atoms with Gasteiger partial charge in [-0.15, -0.1) is 0 Å². The van der Waals surface area contributed by atoms with E-state index >= 15 is 0 Å². The lowest BCUT2D eigenvalue weighted by Crippen LogP contribution is -2.07. The Morgan fingerprint density at radius 2 is 2.22 bits per heavy atom. The molecule has 0 bridgehead atoms. The van der Waals surface area contributed by atoms with E-state index in [9.17, 15) is 0 Å². The van der Waals surface area contributed by atoms with Crippen molar-refractivity contribution < 1.29 is 0 Å². The summed E-state index contributed by atoms with van der Waals surface area (Å²) in [5.41, 5.74) is 2.36. The lowest BCUT2D eigenvalue weighted by atomic mass is 10.1. The van der Waals surface area contributed by atoms with E-state index in [0.29, 0.717) is 5.92 Å². The summed E-state index contributed by atoms with van der Waals surface area (Å²) >= 11 is 6.14. The minimum Gasteiger partial charge on any atom is -0.301 e. The molecule has 0 atom stereocenters. The molecule has 0 aliphatic rings. The maximum absolute atomic E-state index is 6.14. The van der Waals surface area contributed by atoms with Crippen molar-refractivity contribution in [3.8, 4) is 0 Å². The van der Waals surface area contributed by atoms with E-state index in [1.807, 2.05) is 24.5 Å². The number of hydrogen-bond donors (Lipinski definition) is 0. The van der Waals surface area contributed by atoms with Gasteiger partial charge in [0.2, 0.25) is 0 Å². The molecule has 0 amide bonds. The summed E-state index contributed by atoms with van der Waals surface area (Å²) < 4.78 is 2.06. The van der Waals surface area contributed by atoms with Gasteiger partial charge in [0, 0.05) is 36.6 Å². The molecule has 0 saturated heterocycles. The smallest absolute Gasteiger partial charge is 0.0719 e. The Kier molecular flexibility index (Phi) is 4.02. The third-order valence-corrected chi connectivity index (χ3v) is 3.03. The molecular formula is C14H18ClN3. The highest BCUT2D eigenvalue weighted by atomic mass is 35.5. The van der Waals surface area contributed by atoms with Gasteiger partial charge in [0.15, 0.2) is 0 Å². The number of rotatable bonds is 4. The van der Waals surface area contributed by atoms with E-state index < -0.39 is 0 Å². The average molecular weight is 264 g/mol. The van der Waals surface area contributed by atoms with Crippen LogP contribution in [0, 0.1) is 5.92 Å². The van der Waals surface area contributed by atoms with Crippen molar-refractivity contribution in [1.29, 1.82) is 0 Å². The van der Waals surface area contributed by atoms with Crippen molar-refractivity contribution in [2.24, 2.45) is 10.9 Å². The summed E-state index contributed by atoms with van der Waals surface area (Å²) in [7, 11) is 1.78. The van der Waals surface area contributed by atoms with Gasteiger partial charge in [-0.1, -0.05) is 25.4 Å². The van der Waals surface area contributed by atoms with Crippen LogP contribution in [0.2, 0.25) is 5.02 Å². The van der Waals surface area contributed by atoms with Crippen LogP contribution in [0.1, 0.15) is 19.4 Å². The molecule has 2 aromatic rings. The molecule has 3 nitrogen and oxygen atoms in total. The first-order valence-electron chi connectivity index (χ1n) is 6.16. The Morgan fingerprint density at radius 3 is 2.89 bits per heavy atom. The number of fused-ring (bicyclic) bond motifs is 1. The molecule has 0 aliphatic heterocycles. The predicted octanol–water partition coefficient (Wildman–Crippen LogP) is 3.59. The highest BCUT2D eigenvalue weighted by Gasteiger charge is 2.10. The van der Waals surface area contributed by atoms with Crippen LogP contribution < -0.4 is 0 Å². The molecule has 0 fully saturated rings. The van der Waals surface area contributed by atoms with E-state index in [-0.39, 0.29) is 0 Å². The summed E-state index contributed by atoms with van der Waals surface area (Å²) in [4.78, 5) is 4.04. The third-order valence-electron chi connectivity index (χ3n) is 2.81. The van der Waals surface area contributed by atoms with Gasteiger partial charge in [0.05, 0.1) is 11.7 Å². The van der Waals surface area contributed by atoms with Crippen LogP contribution in [0.15, 0.2) is 23.3 Å². The molecule has 4 heteroatoms. The van der Waals surface area contributed by atoms with E-state index in [1.54, 1.807) is 7.05 Å². The van der Waals surface area contributed by atoms with Crippen LogP contribution in [0.25, 0.3) is 10.9 Å². The fourth-order valence-electron chi connectivity index (χ4n) is 2.11. The van der Waals surface area contributed by atoms with Gasteiger partial charge in [0.25, 0.3) is 0 Å². The normalized spacial score (nSPS) is 12.1. The van der Waals surface area contributed by atoms with Gasteiger partial charge in [-0.05, 0) is 23.6 Å². The molecule has 0 radical (unpaired) electrons. The van der Waals surface area contributed by atoms with Crippen molar-refractivity contribution >= 4 is 28.7 Å². The van der Waals surface area contributed by atoms with E-state index in [2.05, 4.69) is 28.6 Å². The Morgan fingerprint density at radius 1 is 1.44 bits per heavy atom. The second kappa shape index (κ2) is 5.53. The fourth-order valence-corrected chi connectivity index (χ4v) is 2.36. The van der Waals surface area contributed by atoms with Crippen molar-refractivity contribution in [3.63, 3.8) is 0 Å². The Hall–Kier alpha value is -1.35. The maximum atomic E-state index is 6.14. The zero-order valence-corrected chi connectivity index (χ0v) is 11.8. The number of aromatic nitrogens is 2. The van der Waals surface area contributed by atoms with E-state index in [1.165, 1.54) is 11.1 Å². The Bertz CT molecular complexity index is 570. The van der Waals surface area contributed by atoms with Crippen molar-refractivity contribution in [2.75, 3.05) is 7.05 Å². The fraction of sp³-hybridized carbons (Fsp3) is 0.429. The third kappa shape index (κ3) is 2.72. The molecule has 1 aromatic carbocycles. The summed E-state index contributed by atoms with van der Waals surface area (Å²) in [6, 6.07) is 3.97. The minimum absolute atomic E-state index is 0.566. The zero-order valence-electron chi connectivity index (χ0n) is 11.0. The number of nitrogens with zero attached hydrogens (tertiary/aromatic N) is 3. The SMILES string of the molecule is C/N=C\Cc1cc(Cl)cc2cnn(CC(C)C)c12. The first kappa shape index (κ1) is 13.1. The molecule has 18 heavy (non-hydrogen) atoms. The molecule has 0 unspecified atom stereocenters. The molecule has 0 spiro atoms. The zero-order chi connectivity index (χ0) is 13.1. The summed E-state index contributed by atoms with van der Waals surface area (Å²) in [5.74, 6) is 0.566. The Balaban J connectivity index is 2.54. The van der Waals surface area contributed by atoms with Crippen LogP contribution in [-0.2, 0) is 13.0 Å². The predicted molar refractivity (Wildman–Crippen MR) is 77.7 cm³/mol. The van der Waals surface area contributed by atoms with Crippen molar-refractivity contribution in [1.82, 2.24) is 9.78 Å². The standard InChI is InChI=1S/C14H18ClN3/c1-10(2)9-18-14-11(4-5-16-3)6-13(15)7-12(14)8-17-18/h5-8,10H,4,9H2,1-3H3/b16-5-. The highest BCUT2D eigenvalue weighted by Crippen LogP contribution is 2.24. The first-order chi connectivity index (χ1) is 8.61. The molecule has 0 aliphatic carbocycles. The van der Waals surface area contributed by atoms with Gasteiger partial charge >= 0.3 is 0 Å². The molecular weight excluding hydrogens is 246 g/mol. The summed E-state index contributed by atoms with van der Waals surface area (Å²) in [6.07, 6.45) is 4.57. The largest absolute Gasteiger partial charge is 0.301 e. The lowest BCUT2D eigenvalue weighted by Gasteiger charge is -2.09. The van der Waals surface area contributed by atoms with Gasteiger partial charge in [-0.25, -0.2) is 0 Å². The number of hydrogen-bond acceptors (Lipinski definition) is 2. The van der Waals surface area contributed by atoms with Crippen LogP contribution in [0.5, 0.6) is 0 Å². The van der Waals surface area contributed by atoms with Crippen LogP contribution >= 0.6 is 11.6 Å². The molecule has 0 N–H and O–H groups in total. The van der Waals surface area contributed by atoms with E-state index in [0.717, 1.165) is 23.4 Å². The highest BCUT2D eigenvalue weighted by molar-refractivity contribution is 6.31. The van der Waals surface area contributed by atoms with Crippen molar-refractivity contribution in [3.05, 3.63) is 28.9 Å². The van der Waals surface area contributed by atoms with Crippen LogP contribution in [0.3, 0.4) is 0 Å². The molecule has 2 rings (SSSR count). The summed E-state index contributed by atoms with van der Waals surface area (Å²) in [6.45, 7) is 5.30. The Labute approximate surface area is 112 Å². The first-order valence-corrected chi connectivity index (χ1v) is 6.54. The molecule has 1 aromatic heterocycles. The number of halogens is 1. The van der Waals surface area contributed by atoms with Gasteiger partial charge < -0.3 is 4.99 Å². The molecule has 1 heterocycles. The van der Waals surface area contributed by atoms with Crippen molar-refractivity contribution in [2.45, 2.75) is 26.8 Å². The van der Waals surface area contributed by atoms with Gasteiger partial charge in [-0.3, -0.25) is 4.68 Å². The quantitative estimate of drug-likeness (QED) is 0.776. The molecule has 0 saturated carbocycles. The van der Waals surface area contributed by atoms with Crippen LogP contribution in [0.4, 0.5) is 0 Å². The second-order valence-electron chi connectivity index (χ2n) is 4.87. The minimum atomic E-state index is 0.566. The average Bonchev–Trinajstić information content (AvgIpc) is 2.68. The maximum Gasteiger partial charge on any atom is 0.0719 e. The van der Waals surface area contributed by atoms with E-state index in [4.69, 9.17) is 11.6 Å². The monoisotopic (exact) mass is 263 g/mol. The van der Waals surface area contributed by atoms with Gasteiger partial charge in [-0.2, -0.15) is 5.10 Å². The number of aliphatic imine (C=N–C) groups is 1. The van der Waals surface area contributed by atoms with Crippen LogP contribution in [-0.4, -0.2) is 23.0 Å². The summed E-state index contributed by atoms with van der Waals surface area (Å²) in [5, 5.41) is 6.31. The molecule has 96 valence electrons.